The van der Waals surface area contributed by atoms with Crippen LogP contribution in [0.5, 0.6) is 0 Å². The molecule has 1 fully saturated rings. The van der Waals surface area contributed by atoms with Gasteiger partial charge in [0.25, 0.3) is 0 Å². The van der Waals surface area contributed by atoms with E-state index in [-0.39, 0.29) is 18.4 Å². The summed E-state index contributed by atoms with van der Waals surface area (Å²) in [6, 6.07) is 0. The maximum absolute atomic E-state index is 10.6. The van der Waals surface area contributed by atoms with E-state index in [9.17, 15) is 15.0 Å². The second-order valence-electron chi connectivity index (χ2n) is 8.38. The molecule has 2 rings (SSSR count). The summed E-state index contributed by atoms with van der Waals surface area (Å²) in [6.07, 6.45) is 15.7. The summed E-state index contributed by atoms with van der Waals surface area (Å²) in [5.74, 6) is 0.0188. The van der Waals surface area contributed by atoms with Crippen LogP contribution in [-0.2, 0) is 4.79 Å². The summed E-state index contributed by atoms with van der Waals surface area (Å²) < 4.78 is 0. The molecule has 0 spiro atoms. The van der Waals surface area contributed by atoms with Crippen molar-refractivity contribution in [1.82, 2.24) is 0 Å². The van der Waals surface area contributed by atoms with E-state index in [4.69, 9.17) is 5.11 Å². The molecule has 0 unspecified atom stereocenters. The van der Waals surface area contributed by atoms with Crippen molar-refractivity contribution in [2.45, 2.75) is 103 Å². The van der Waals surface area contributed by atoms with Gasteiger partial charge in [-0.15, -0.1) is 0 Å². The van der Waals surface area contributed by atoms with Gasteiger partial charge < -0.3 is 15.3 Å². The van der Waals surface area contributed by atoms with Gasteiger partial charge in [-0.05, 0) is 50.9 Å². The maximum atomic E-state index is 10.6. The molecule has 1 saturated carbocycles. The van der Waals surface area contributed by atoms with E-state index >= 15 is 0 Å². The van der Waals surface area contributed by atoms with Crippen LogP contribution in [-0.4, -0.2) is 33.5 Å². The Hall–Kier alpha value is -1.13. The first-order valence-electron chi connectivity index (χ1n) is 11.0. The average Bonchev–Trinajstić information content (AvgIpc) is 3.41. The SMILES string of the molecule is CCCCC[C@H](O)/C=C/[C@@H]1C(CCCCCCC(=O)O)=C(C2CC2)C[C@H]1O. The van der Waals surface area contributed by atoms with Crippen LogP contribution >= 0.6 is 0 Å². The topological polar surface area (TPSA) is 77.8 Å². The van der Waals surface area contributed by atoms with Crippen molar-refractivity contribution in [3.8, 4) is 0 Å². The minimum absolute atomic E-state index is 0.0560. The first-order chi connectivity index (χ1) is 13.0. The highest BCUT2D eigenvalue weighted by atomic mass is 16.4. The zero-order valence-electron chi connectivity index (χ0n) is 16.9. The van der Waals surface area contributed by atoms with Crippen LogP contribution in [0.15, 0.2) is 23.3 Å². The fourth-order valence-electron chi connectivity index (χ4n) is 4.25. The highest BCUT2D eigenvalue weighted by Gasteiger charge is 2.38. The Bertz CT molecular complexity index is 518. The van der Waals surface area contributed by atoms with Crippen molar-refractivity contribution in [2.75, 3.05) is 0 Å². The molecule has 4 heteroatoms. The summed E-state index contributed by atoms with van der Waals surface area (Å²) in [5.41, 5.74) is 2.88. The van der Waals surface area contributed by atoms with Gasteiger partial charge in [-0.25, -0.2) is 0 Å². The number of aliphatic hydroxyl groups is 2. The molecule has 0 aromatic heterocycles. The van der Waals surface area contributed by atoms with Crippen molar-refractivity contribution >= 4 is 5.97 Å². The lowest BCUT2D eigenvalue weighted by Gasteiger charge is -2.16. The number of carboxylic acids is 1. The molecule has 0 aromatic rings. The third-order valence-electron chi connectivity index (χ3n) is 5.96. The number of rotatable bonds is 14. The van der Waals surface area contributed by atoms with Gasteiger partial charge in [0.2, 0.25) is 0 Å². The molecule has 0 aliphatic heterocycles. The summed E-state index contributed by atoms with van der Waals surface area (Å²) in [7, 11) is 0. The average molecular weight is 379 g/mol. The second-order valence-corrected chi connectivity index (χ2v) is 8.38. The Labute approximate surface area is 164 Å². The van der Waals surface area contributed by atoms with Crippen molar-refractivity contribution in [1.29, 1.82) is 0 Å². The fourth-order valence-corrected chi connectivity index (χ4v) is 4.25. The number of aliphatic carboxylic acids is 1. The molecule has 27 heavy (non-hydrogen) atoms. The molecular weight excluding hydrogens is 340 g/mol. The molecule has 2 aliphatic carbocycles. The molecule has 4 nitrogen and oxygen atoms in total. The molecule has 0 aromatic carbocycles. The van der Waals surface area contributed by atoms with Crippen LogP contribution in [0.1, 0.15) is 90.4 Å². The Morgan fingerprint density at radius 1 is 1.15 bits per heavy atom. The third kappa shape index (κ3) is 7.79. The van der Waals surface area contributed by atoms with Crippen LogP contribution in [0, 0.1) is 11.8 Å². The van der Waals surface area contributed by atoms with Crippen molar-refractivity contribution in [2.24, 2.45) is 11.8 Å². The standard InChI is InChI=1S/C23H38O4/c1-2-3-6-9-18(24)14-15-20-19(10-7-4-5-8-11-23(26)27)21(16-22(20)25)17-12-13-17/h14-15,17-18,20,22,24-25H,2-13,16H2,1H3,(H,26,27)/b15-14+/t18-,20+,22+/m0/s1. The number of hydrogen-bond acceptors (Lipinski definition) is 3. The summed E-state index contributed by atoms with van der Waals surface area (Å²) >= 11 is 0. The van der Waals surface area contributed by atoms with E-state index < -0.39 is 12.1 Å². The van der Waals surface area contributed by atoms with Gasteiger partial charge >= 0.3 is 5.97 Å². The van der Waals surface area contributed by atoms with Crippen molar-refractivity contribution in [3.63, 3.8) is 0 Å². The molecule has 0 heterocycles. The van der Waals surface area contributed by atoms with E-state index in [2.05, 4.69) is 13.0 Å². The summed E-state index contributed by atoms with van der Waals surface area (Å²) in [6.45, 7) is 2.16. The Morgan fingerprint density at radius 3 is 2.56 bits per heavy atom. The lowest BCUT2D eigenvalue weighted by atomic mass is 9.92. The highest BCUT2D eigenvalue weighted by molar-refractivity contribution is 5.66. The molecule has 0 bridgehead atoms. The van der Waals surface area contributed by atoms with Gasteiger partial charge in [0.05, 0.1) is 12.2 Å². The molecule has 0 saturated heterocycles. The van der Waals surface area contributed by atoms with Crippen LogP contribution < -0.4 is 0 Å². The molecule has 0 amide bonds. The van der Waals surface area contributed by atoms with Crippen LogP contribution in [0.25, 0.3) is 0 Å². The number of unbranched alkanes of at least 4 members (excludes halogenated alkanes) is 5. The highest BCUT2D eigenvalue weighted by Crippen LogP contribution is 2.48. The summed E-state index contributed by atoms with van der Waals surface area (Å²) in [5, 5.41) is 29.5. The monoisotopic (exact) mass is 378 g/mol. The molecule has 3 atom stereocenters. The summed E-state index contributed by atoms with van der Waals surface area (Å²) in [4.78, 5) is 10.6. The fraction of sp³-hybridized carbons (Fsp3) is 0.783. The largest absolute Gasteiger partial charge is 0.481 e. The first-order valence-corrected chi connectivity index (χ1v) is 11.0. The van der Waals surface area contributed by atoms with Crippen LogP contribution in [0.2, 0.25) is 0 Å². The lowest BCUT2D eigenvalue weighted by molar-refractivity contribution is -0.137. The van der Waals surface area contributed by atoms with Crippen molar-refractivity contribution < 1.29 is 20.1 Å². The number of carboxylic acid groups (broad SMARTS) is 1. The predicted molar refractivity (Wildman–Crippen MR) is 108 cm³/mol. The van der Waals surface area contributed by atoms with Gasteiger partial charge in [-0.1, -0.05) is 62.3 Å². The predicted octanol–water partition coefficient (Wildman–Crippen LogP) is 5.00. The Balaban J connectivity index is 1.86. The number of carbonyl (C=O) groups is 1. The van der Waals surface area contributed by atoms with E-state index in [1.165, 1.54) is 24.0 Å². The molecular formula is C23H38O4. The first kappa shape index (κ1) is 22.2. The van der Waals surface area contributed by atoms with E-state index in [0.29, 0.717) is 5.92 Å². The van der Waals surface area contributed by atoms with E-state index in [1.807, 2.05) is 6.08 Å². The van der Waals surface area contributed by atoms with Crippen LogP contribution in [0.3, 0.4) is 0 Å². The lowest BCUT2D eigenvalue weighted by Crippen LogP contribution is -2.15. The zero-order valence-corrected chi connectivity index (χ0v) is 16.9. The Morgan fingerprint density at radius 2 is 1.89 bits per heavy atom. The smallest absolute Gasteiger partial charge is 0.303 e. The normalized spacial score (nSPS) is 24.1. The maximum Gasteiger partial charge on any atom is 0.303 e. The second kappa shape index (κ2) is 11.7. The van der Waals surface area contributed by atoms with Gasteiger partial charge in [-0.2, -0.15) is 0 Å². The van der Waals surface area contributed by atoms with Gasteiger partial charge in [0.1, 0.15) is 0 Å². The van der Waals surface area contributed by atoms with E-state index in [1.54, 1.807) is 0 Å². The Kier molecular flexibility index (Phi) is 9.57. The van der Waals surface area contributed by atoms with Gasteiger partial charge in [-0.3, -0.25) is 4.79 Å². The molecule has 0 radical (unpaired) electrons. The minimum Gasteiger partial charge on any atom is -0.481 e. The molecule has 2 aliphatic rings. The van der Waals surface area contributed by atoms with Crippen molar-refractivity contribution in [3.05, 3.63) is 23.3 Å². The minimum atomic E-state index is -0.713. The molecule has 3 N–H and O–H groups in total. The quantitative estimate of drug-likeness (QED) is 0.294. The third-order valence-corrected chi connectivity index (χ3v) is 5.96. The van der Waals surface area contributed by atoms with E-state index in [0.717, 1.165) is 64.2 Å². The molecule has 154 valence electrons. The number of hydrogen-bond donors (Lipinski definition) is 3. The number of aliphatic hydroxyl groups excluding tert-OH is 2. The van der Waals surface area contributed by atoms with Gasteiger partial charge in [0.15, 0.2) is 0 Å². The van der Waals surface area contributed by atoms with Gasteiger partial charge in [0, 0.05) is 12.3 Å². The zero-order chi connectivity index (χ0) is 19.6. The van der Waals surface area contributed by atoms with Crippen LogP contribution in [0.4, 0.5) is 0 Å².